The van der Waals surface area contributed by atoms with Gasteiger partial charge in [0.25, 0.3) is 0 Å². The van der Waals surface area contributed by atoms with Gasteiger partial charge in [-0.2, -0.15) is 0 Å². The number of carbonyl (C=O) groups is 2. The van der Waals surface area contributed by atoms with Crippen molar-refractivity contribution in [3.05, 3.63) is 75.0 Å². The van der Waals surface area contributed by atoms with Gasteiger partial charge in [-0.15, -0.1) is 11.3 Å². The highest BCUT2D eigenvalue weighted by molar-refractivity contribution is 7.11. The van der Waals surface area contributed by atoms with Crippen molar-refractivity contribution in [1.82, 2.24) is 9.80 Å². The lowest BCUT2D eigenvalue weighted by Gasteiger charge is -2.30. The van der Waals surface area contributed by atoms with Crippen LogP contribution in [-0.2, 0) is 17.8 Å². The smallest absolute Gasteiger partial charge is 0.322 e. The molecule has 3 rings (SSSR count). The van der Waals surface area contributed by atoms with Crippen LogP contribution in [0.25, 0.3) is 0 Å². The average Bonchev–Trinajstić information content (AvgIpc) is 3.30. The van der Waals surface area contributed by atoms with Crippen molar-refractivity contribution < 1.29 is 19.1 Å². The van der Waals surface area contributed by atoms with Gasteiger partial charge in [-0.05, 0) is 82.0 Å². The van der Waals surface area contributed by atoms with Crippen molar-refractivity contribution in [1.29, 1.82) is 0 Å². The molecule has 204 valence electrons. The molecule has 0 aliphatic carbocycles. The Kier molecular flexibility index (Phi) is 10.2. The predicted octanol–water partition coefficient (Wildman–Crippen LogP) is 6.20. The Labute approximate surface area is 230 Å². The molecule has 0 spiro atoms. The SMILES string of the molecule is COc1ccc(CCN(Cc2ccc(C)s2)C(=O)CN(C(=O)Nc2c(C)cccc2C)C(C)C)cc1OC. The van der Waals surface area contributed by atoms with Gasteiger partial charge in [-0.3, -0.25) is 4.79 Å². The molecule has 0 bridgehead atoms. The van der Waals surface area contributed by atoms with Crippen molar-refractivity contribution in [2.24, 2.45) is 0 Å². The average molecular weight is 538 g/mol. The van der Waals surface area contributed by atoms with Crippen molar-refractivity contribution in [3.63, 3.8) is 0 Å². The van der Waals surface area contributed by atoms with Crippen LogP contribution in [0.2, 0.25) is 0 Å². The Morgan fingerprint density at radius 3 is 2.21 bits per heavy atom. The standard InChI is InChI=1S/C30H39N3O4S/c1-20(2)33(30(35)31-29-21(3)9-8-10-22(29)4)19-28(34)32(18-25-13-11-23(5)38-25)16-15-24-12-14-26(36-6)27(17-24)37-7/h8-14,17,20H,15-16,18-19H2,1-7H3,(H,31,35). The zero-order valence-corrected chi connectivity index (χ0v) is 24.3. The number of amides is 3. The lowest BCUT2D eigenvalue weighted by Crippen LogP contribution is -2.47. The summed E-state index contributed by atoms with van der Waals surface area (Å²) < 4.78 is 10.8. The summed E-state index contributed by atoms with van der Waals surface area (Å²) in [5.74, 6) is 1.23. The fourth-order valence-electron chi connectivity index (χ4n) is 4.28. The molecule has 0 fully saturated rings. The van der Waals surface area contributed by atoms with Gasteiger partial charge in [0.2, 0.25) is 5.91 Å². The van der Waals surface area contributed by atoms with Crippen LogP contribution >= 0.6 is 11.3 Å². The molecule has 0 radical (unpaired) electrons. The fraction of sp³-hybridized carbons (Fsp3) is 0.400. The molecule has 38 heavy (non-hydrogen) atoms. The lowest BCUT2D eigenvalue weighted by molar-refractivity contribution is -0.132. The Balaban J connectivity index is 1.78. The van der Waals surface area contributed by atoms with Crippen LogP contribution in [0.15, 0.2) is 48.5 Å². The van der Waals surface area contributed by atoms with E-state index >= 15 is 0 Å². The van der Waals surface area contributed by atoms with Gasteiger partial charge in [0, 0.05) is 28.0 Å². The molecule has 0 atom stereocenters. The van der Waals surface area contributed by atoms with Crippen molar-refractivity contribution in [3.8, 4) is 11.5 Å². The van der Waals surface area contributed by atoms with Crippen LogP contribution in [0.3, 0.4) is 0 Å². The fourth-order valence-corrected chi connectivity index (χ4v) is 5.18. The number of hydrogen-bond acceptors (Lipinski definition) is 5. The van der Waals surface area contributed by atoms with E-state index in [0.717, 1.165) is 27.3 Å². The third kappa shape index (κ3) is 7.51. The second kappa shape index (κ2) is 13.3. The highest BCUT2D eigenvalue weighted by Gasteiger charge is 2.25. The van der Waals surface area contributed by atoms with Crippen LogP contribution < -0.4 is 14.8 Å². The van der Waals surface area contributed by atoms with E-state index in [1.807, 2.05) is 69.0 Å². The molecular formula is C30H39N3O4S. The van der Waals surface area contributed by atoms with Crippen molar-refractivity contribution >= 4 is 29.0 Å². The van der Waals surface area contributed by atoms with E-state index < -0.39 is 0 Å². The first-order valence-electron chi connectivity index (χ1n) is 12.8. The number of hydrogen-bond donors (Lipinski definition) is 1. The normalized spacial score (nSPS) is 10.8. The molecule has 0 aliphatic heterocycles. The maximum Gasteiger partial charge on any atom is 0.322 e. The van der Waals surface area contributed by atoms with Gasteiger partial charge in [-0.1, -0.05) is 24.3 Å². The lowest BCUT2D eigenvalue weighted by atomic mass is 10.1. The van der Waals surface area contributed by atoms with Crippen LogP contribution in [0.5, 0.6) is 11.5 Å². The topological polar surface area (TPSA) is 71.1 Å². The number of urea groups is 1. The van der Waals surface area contributed by atoms with Gasteiger partial charge >= 0.3 is 6.03 Å². The summed E-state index contributed by atoms with van der Waals surface area (Å²) >= 11 is 1.68. The number of methoxy groups -OCH3 is 2. The largest absolute Gasteiger partial charge is 0.493 e. The van der Waals surface area contributed by atoms with Crippen LogP contribution in [-0.4, -0.2) is 55.1 Å². The molecule has 0 aliphatic rings. The minimum atomic E-state index is -0.280. The van der Waals surface area contributed by atoms with Crippen molar-refractivity contribution in [2.45, 2.75) is 53.6 Å². The molecule has 0 saturated carbocycles. The number of aryl methyl sites for hydroxylation is 3. The number of thiophene rings is 1. The Morgan fingerprint density at radius 2 is 1.63 bits per heavy atom. The zero-order valence-electron chi connectivity index (χ0n) is 23.5. The molecule has 8 heteroatoms. The second-order valence-corrected chi connectivity index (χ2v) is 11.1. The molecule has 7 nitrogen and oxygen atoms in total. The molecule has 1 N–H and O–H groups in total. The summed E-state index contributed by atoms with van der Waals surface area (Å²) in [6, 6.07) is 15.4. The number of carbonyl (C=O) groups excluding carboxylic acids is 2. The monoisotopic (exact) mass is 537 g/mol. The van der Waals surface area contributed by atoms with E-state index in [2.05, 4.69) is 24.4 Å². The van der Waals surface area contributed by atoms with Crippen molar-refractivity contribution in [2.75, 3.05) is 32.6 Å². The Hall–Kier alpha value is -3.52. The number of para-hydroxylation sites is 1. The minimum absolute atomic E-state index is 0.00921. The molecule has 1 heterocycles. The molecule has 3 amide bonds. The van der Waals surface area contributed by atoms with E-state index in [1.165, 1.54) is 4.88 Å². The quantitative estimate of drug-likeness (QED) is 0.316. The molecule has 2 aromatic carbocycles. The summed E-state index contributed by atoms with van der Waals surface area (Å²) in [6.45, 7) is 10.8. The molecule has 1 aromatic heterocycles. The third-order valence-electron chi connectivity index (χ3n) is 6.52. The highest BCUT2D eigenvalue weighted by atomic mass is 32.1. The van der Waals surface area contributed by atoms with Gasteiger partial charge < -0.3 is 24.6 Å². The summed E-state index contributed by atoms with van der Waals surface area (Å²) in [5.41, 5.74) is 3.79. The molecule has 0 saturated heterocycles. The Morgan fingerprint density at radius 1 is 0.947 bits per heavy atom. The van der Waals surface area contributed by atoms with Crippen LogP contribution in [0.4, 0.5) is 10.5 Å². The summed E-state index contributed by atoms with van der Waals surface area (Å²) in [6.07, 6.45) is 0.646. The second-order valence-electron chi connectivity index (χ2n) is 9.69. The van der Waals surface area contributed by atoms with Gasteiger partial charge in [-0.25, -0.2) is 4.79 Å². The number of nitrogens with zero attached hydrogens (tertiary/aromatic N) is 2. The highest BCUT2D eigenvalue weighted by Crippen LogP contribution is 2.28. The molecule has 0 unspecified atom stereocenters. The first-order valence-corrected chi connectivity index (χ1v) is 13.6. The molecular weight excluding hydrogens is 498 g/mol. The van der Waals surface area contributed by atoms with E-state index in [0.29, 0.717) is 31.0 Å². The molecule has 3 aromatic rings. The predicted molar refractivity (Wildman–Crippen MR) is 154 cm³/mol. The van der Waals surface area contributed by atoms with E-state index in [-0.39, 0.29) is 24.5 Å². The number of anilines is 1. The summed E-state index contributed by atoms with van der Waals surface area (Å²) in [7, 11) is 3.22. The van der Waals surface area contributed by atoms with Gasteiger partial charge in [0.15, 0.2) is 11.5 Å². The zero-order chi connectivity index (χ0) is 27.8. The summed E-state index contributed by atoms with van der Waals surface area (Å²) in [4.78, 5) is 32.7. The van der Waals surface area contributed by atoms with E-state index in [1.54, 1.807) is 30.5 Å². The maximum atomic E-state index is 13.7. The minimum Gasteiger partial charge on any atom is -0.493 e. The first kappa shape index (κ1) is 29.0. The number of ether oxygens (including phenoxy) is 2. The van der Waals surface area contributed by atoms with Gasteiger partial charge in [0.1, 0.15) is 6.54 Å². The summed E-state index contributed by atoms with van der Waals surface area (Å²) in [5, 5.41) is 3.03. The van der Waals surface area contributed by atoms with E-state index in [9.17, 15) is 9.59 Å². The maximum absolute atomic E-state index is 13.7. The van der Waals surface area contributed by atoms with E-state index in [4.69, 9.17) is 9.47 Å². The first-order chi connectivity index (χ1) is 18.1. The third-order valence-corrected chi connectivity index (χ3v) is 7.50. The van der Waals surface area contributed by atoms with Crippen LogP contribution in [0.1, 0.15) is 40.3 Å². The van der Waals surface area contributed by atoms with Crippen LogP contribution in [0, 0.1) is 20.8 Å². The number of benzene rings is 2. The van der Waals surface area contributed by atoms with Gasteiger partial charge in [0.05, 0.1) is 20.8 Å². The number of rotatable bonds is 11. The Bertz CT molecular complexity index is 1230. The number of nitrogens with one attached hydrogen (secondary N) is 1.